The first-order valence-electron chi connectivity index (χ1n) is 8.88. The highest BCUT2D eigenvalue weighted by Crippen LogP contribution is 2.14. The number of carbonyl (C=O) groups excluding carboxylic acids is 1. The highest BCUT2D eigenvalue weighted by molar-refractivity contribution is 7.89. The van der Waals surface area contributed by atoms with Gasteiger partial charge in [0.25, 0.3) is 0 Å². The molecule has 0 heterocycles. The molecule has 154 valence electrons. The molecule has 0 saturated carbocycles. The molecule has 0 aromatic heterocycles. The van der Waals surface area contributed by atoms with Gasteiger partial charge >= 0.3 is 0 Å². The monoisotopic (exact) mass is 433 g/mol. The van der Waals surface area contributed by atoms with E-state index < -0.39 is 10.0 Å². The minimum absolute atomic E-state index is 0.106. The van der Waals surface area contributed by atoms with Crippen LogP contribution in [0.5, 0.6) is 5.75 Å². The number of thiocarbonyl (C=S) groups is 1. The van der Waals surface area contributed by atoms with Gasteiger partial charge in [0.1, 0.15) is 5.75 Å². The van der Waals surface area contributed by atoms with E-state index in [0.29, 0.717) is 18.7 Å². The number of benzene rings is 2. The van der Waals surface area contributed by atoms with Crippen LogP contribution in [0.3, 0.4) is 0 Å². The van der Waals surface area contributed by atoms with Crippen molar-refractivity contribution in [1.82, 2.24) is 10.0 Å². The highest BCUT2D eigenvalue weighted by Gasteiger charge is 2.12. The molecule has 0 fully saturated rings. The van der Waals surface area contributed by atoms with Gasteiger partial charge in [-0.05, 0) is 66.7 Å². The average Bonchev–Trinajstić information content (AvgIpc) is 2.71. The molecule has 0 aliphatic carbocycles. The molecule has 7 nitrogen and oxygen atoms in total. The van der Waals surface area contributed by atoms with Gasteiger partial charge in [0, 0.05) is 18.3 Å². The second kappa shape index (κ2) is 10.7. The summed E-state index contributed by atoms with van der Waals surface area (Å²) >= 11 is 5.12. The summed E-state index contributed by atoms with van der Waals surface area (Å²) in [6.07, 6.45) is 3.73. The first-order valence-corrected chi connectivity index (χ1v) is 10.8. The maximum Gasteiger partial charge on any atom is 0.250 e. The van der Waals surface area contributed by atoms with E-state index in [1.807, 2.05) is 19.1 Å². The molecule has 2 aromatic rings. The molecule has 29 heavy (non-hydrogen) atoms. The number of carbonyl (C=O) groups is 1. The van der Waals surface area contributed by atoms with E-state index in [1.54, 1.807) is 37.5 Å². The quantitative estimate of drug-likeness (QED) is 0.438. The number of amides is 1. The van der Waals surface area contributed by atoms with E-state index in [2.05, 4.69) is 15.4 Å². The van der Waals surface area contributed by atoms with Crippen LogP contribution in [-0.2, 0) is 14.8 Å². The number of methoxy groups -OCH3 is 1. The first-order chi connectivity index (χ1) is 13.8. The van der Waals surface area contributed by atoms with E-state index in [1.165, 1.54) is 18.2 Å². The third-order valence-electron chi connectivity index (χ3n) is 3.74. The van der Waals surface area contributed by atoms with E-state index in [0.717, 1.165) is 11.3 Å². The number of hydrogen-bond acceptors (Lipinski definition) is 5. The van der Waals surface area contributed by atoms with Gasteiger partial charge < -0.3 is 10.1 Å². The fraction of sp³-hybridized carbons (Fsp3) is 0.200. The van der Waals surface area contributed by atoms with Crippen LogP contribution in [0.15, 0.2) is 59.5 Å². The highest BCUT2D eigenvalue weighted by atomic mass is 32.2. The number of hydrogen-bond donors (Lipinski definition) is 3. The molecule has 0 atom stereocenters. The van der Waals surface area contributed by atoms with Crippen molar-refractivity contribution >= 4 is 45.0 Å². The standard InChI is InChI=1S/C20H23N3O4S2/c1-3-14-21-29(25,26)18-11-7-16(8-12-18)22-20(28)23-19(24)13-6-15-4-9-17(27-2)10-5-15/h4-13,21H,3,14H2,1-2H3,(H2,22,23,24,28)/b13-6+. The minimum Gasteiger partial charge on any atom is -0.497 e. The summed E-state index contributed by atoms with van der Waals surface area (Å²) in [5, 5.41) is 5.48. The normalized spacial score (nSPS) is 11.2. The van der Waals surface area contributed by atoms with Gasteiger partial charge in [-0.2, -0.15) is 0 Å². The van der Waals surface area contributed by atoms with Gasteiger partial charge in [-0.3, -0.25) is 10.1 Å². The predicted octanol–water partition coefficient (Wildman–Crippen LogP) is 2.91. The van der Waals surface area contributed by atoms with Crippen LogP contribution >= 0.6 is 12.2 Å². The van der Waals surface area contributed by atoms with Crippen molar-refractivity contribution < 1.29 is 17.9 Å². The Labute approximate surface area is 176 Å². The molecule has 0 aliphatic heterocycles. The number of anilines is 1. The Bertz CT molecular complexity index is 970. The molecule has 9 heteroatoms. The Kier molecular flexibility index (Phi) is 8.32. The van der Waals surface area contributed by atoms with Crippen molar-refractivity contribution in [3.05, 3.63) is 60.2 Å². The summed E-state index contributed by atoms with van der Waals surface area (Å²) in [7, 11) is -1.94. The first kappa shape index (κ1) is 22.5. The van der Waals surface area contributed by atoms with Gasteiger partial charge in [-0.15, -0.1) is 0 Å². The topological polar surface area (TPSA) is 96.5 Å². The lowest BCUT2D eigenvalue weighted by molar-refractivity contribution is -0.115. The summed E-state index contributed by atoms with van der Waals surface area (Å²) in [6.45, 7) is 2.26. The molecule has 0 spiro atoms. The number of sulfonamides is 1. The van der Waals surface area contributed by atoms with Crippen LogP contribution in [0, 0.1) is 0 Å². The van der Waals surface area contributed by atoms with Crippen LogP contribution in [-0.4, -0.2) is 33.1 Å². The molecule has 0 saturated heterocycles. The number of rotatable bonds is 8. The summed E-state index contributed by atoms with van der Waals surface area (Å²) in [5.41, 5.74) is 1.40. The number of nitrogens with one attached hydrogen (secondary N) is 3. The Morgan fingerprint density at radius 1 is 1.10 bits per heavy atom. The van der Waals surface area contributed by atoms with E-state index in [-0.39, 0.29) is 15.9 Å². The molecule has 0 radical (unpaired) electrons. The summed E-state index contributed by atoms with van der Waals surface area (Å²) < 4.78 is 31.7. The third kappa shape index (κ3) is 7.30. The maximum absolute atomic E-state index is 12.1. The Hall–Kier alpha value is -2.75. The SMILES string of the molecule is CCCNS(=O)(=O)c1ccc(NC(=S)NC(=O)/C=C/c2ccc(OC)cc2)cc1. The van der Waals surface area contributed by atoms with Gasteiger partial charge in [0.05, 0.1) is 12.0 Å². The lowest BCUT2D eigenvalue weighted by Gasteiger charge is -2.10. The molecule has 0 bridgehead atoms. The summed E-state index contributed by atoms with van der Waals surface area (Å²) in [4.78, 5) is 12.1. The molecule has 0 unspecified atom stereocenters. The van der Waals surface area contributed by atoms with Crippen molar-refractivity contribution in [3.8, 4) is 5.75 Å². The van der Waals surface area contributed by atoms with Gasteiger partial charge in [-0.25, -0.2) is 13.1 Å². The zero-order valence-corrected chi connectivity index (χ0v) is 17.8. The molecular weight excluding hydrogens is 410 g/mol. The molecular formula is C20H23N3O4S2. The molecule has 0 aliphatic rings. The summed E-state index contributed by atoms with van der Waals surface area (Å²) in [6, 6.07) is 13.3. The van der Waals surface area contributed by atoms with Gasteiger partial charge in [0.15, 0.2) is 5.11 Å². The van der Waals surface area contributed by atoms with Crippen LogP contribution in [0.25, 0.3) is 6.08 Å². The van der Waals surface area contributed by atoms with Crippen molar-refractivity contribution in [2.24, 2.45) is 0 Å². The molecule has 3 N–H and O–H groups in total. The molecule has 2 rings (SSSR count). The Morgan fingerprint density at radius 3 is 2.34 bits per heavy atom. The molecule has 2 aromatic carbocycles. The van der Waals surface area contributed by atoms with Gasteiger partial charge in [-0.1, -0.05) is 19.1 Å². The van der Waals surface area contributed by atoms with Crippen LogP contribution < -0.4 is 20.1 Å². The van der Waals surface area contributed by atoms with Crippen LogP contribution in [0.1, 0.15) is 18.9 Å². The fourth-order valence-electron chi connectivity index (χ4n) is 2.24. The number of ether oxygens (including phenoxy) is 1. The van der Waals surface area contributed by atoms with E-state index in [4.69, 9.17) is 17.0 Å². The van der Waals surface area contributed by atoms with Crippen molar-refractivity contribution in [1.29, 1.82) is 0 Å². The zero-order valence-electron chi connectivity index (χ0n) is 16.1. The molecule has 1 amide bonds. The second-order valence-electron chi connectivity index (χ2n) is 5.97. The lowest BCUT2D eigenvalue weighted by Crippen LogP contribution is -2.32. The summed E-state index contributed by atoms with van der Waals surface area (Å²) in [5.74, 6) is 0.346. The zero-order chi connectivity index (χ0) is 21.3. The van der Waals surface area contributed by atoms with Crippen molar-refractivity contribution in [2.45, 2.75) is 18.2 Å². The van der Waals surface area contributed by atoms with Crippen LogP contribution in [0.2, 0.25) is 0 Å². The maximum atomic E-state index is 12.1. The van der Waals surface area contributed by atoms with Crippen molar-refractivity contribution in [2.75, 3.05) is 19.0 Å². The predicted molar refractivity (Wildman–Crippen MR) is 118 cm³/mol. The minimum atomic E-state index is -3.52. The average molecular weight is 434 g/mol. The fourth-order valence-corrected chi connectivity index (χ4v) is 3.59. The second-order valence-corrected chi connectivity index (χ2v) is 8.15. The van der Waals surface area contributed by atoms with Crippen LogP contribution in [0.4, 0.5) is 5.69 Å². The van der Waals surface area contributed by atoms with Crippen molar-refractivity contribution in [3.63, 3.8) is 0 Å². The Balaban J connectivity index is 1.89. The largest absolute Gasteiger partial charge is 0.497 e. The van der Waals surface area contributed by atoms with E-state index in [9.17, 15) is 13.2 Å². The van der Waals surface area contributed by atoms with Gasteiger partial charge in [0.2, 0.25) is 15.9 Å². The Morgan fingerprint density at radius 2 is 1.76 bits per heavy atom. The van der Waals surface area contributed by atoms with E-state index >= 15 is 0 Å². The lowest BCUT2D eigenvalue weighted by atomic mass is 10.2. The third-order valence-corrected chi connectivity index (χ3v) is 5.43. The smallest absolute Gasteiger partial charge is 0.250 e.